The molecule has 5 heteroatoms. The zero-order valence-electron chi connectivity index (χ0n) is 9.06. The number of hydrogen-bond acceptors (Lipinski definition) is 2. The number of halogens is 2. The van der Waals surface area contributed by atoms with Crippen LogP contribution >= 0.6 is 31.9 Å². The second kappa shape index (κ2) is 5.54. The molecule has 0 aliphatic heterocycles. The number of carboxylic acid groups (broad SMARTS) is 1. The molecule has 0 atom stereocenters. The summed E-state index contributed by atoms with van der Waals surface area (Å²) >= 11 is 6.68. The number of carboxylic acids is 1. The predicted octanol–water partition coefficient (Wildman–Crippen LogP) is 4.70. The molecule has 3 nitrogen and oxygen atoms in total. The monoisotopic (exact) mass is 370 g/mol. The van der Waals surface area contributed by atoms with E-state index in [2.05, 4.69) is 31.9 Å². The summed E-state index contributed by atoms with van der Waals surface area (Å²) in [5.41, 5.74) is 0.210. The maximum atomic E-state index is 10.8. The van der Waals surface area contributed by atoms with E-state index < -0.39 is 5.97 Å². The molecule has 0 aliphatic carbocycles. The van der Waals surface area contributed by atoms with Crippen LogP contribution in [-0.2, 0) is 0 Å². The van der Waals surface area contributed by atoms with Crippen molar-refractivity contribution in [1.82, 2.24) is 0 Å². The van der Waals surface area contributed by atoms with Crippen molar-refractivity contribution in [2.45, 2.75) is 0 Å². The zero-order valence-corrected chi connectivity index (χ0v) is 12.2. The Bertz CT molecular complexity index is 597. The smallest absolute Gasteiger partial charge is 0.335 e. The summed E-state index contributed by atoms with van der Waals surface area (Å²) in [6.45, 7) is 0. The number of para-hydroxylation sites is 1. The zero-order chi connectivity index (χ0) is 13.1. The van der Waals surface area contributed by atoms with E-state index in [9.17, 15) is 4.79 Å². The number of rotatable bonds is 3. The second-order valence-electron chi connectivity index (χ2n) is 3.48. The molecule has 0 fully saturated rings. The Hall–Kier alpha value is -1.33. The first kappa shape index (κ1) is 13.1. The van der Waals surface area contributed by atoms with Gasteiger partial charge in [-0.2, -0.15) is 0 Å². The van der Waals surface area contributed by atoms with Gasteiger partial charge in [0.2, 0.25) is 0 Å². The standard InChI is InChI=1S/C13H8Br2O3/c14-9-3-1-2-4-11(9)18-12-6-5-8(13(16)17)7-10(12)15/h1-7H,(H,16,17). The largest absolute Gasteiger partial charge is 0.478 e. The normalized spacial score (nSPS) is 10.1. The van der Waals surface area contributed by atoms with E-state index in [1.807, 2.05) is 24.3 Å². The quantitative estimate of drug-likeness (QED) is 0.850. The van der Waals surface area contributed by atoms with E-state index in [1.165, 1.54) is 12.1 Å². The van der Waals surface area contributed by atoms with E-state index >= 15 is 0 Å². The van der Waals surface area contributed by atoms with E-state index in [1.54, 1.807) is 6.07 Å². The third kappa shape index (κ3) is 2.91. The van der Waals surface area contributed by atoms with Gasteiger partial charge in [-0.05, 0) is 62.2 Å². The highest BCUT2D eigenvalue weighted by Crippen LogP contribution is 2.34. The second-order valence-corrected chi connectivity index (χ2v) is 5.19. The van der Waals surface area contributed by atoms with Gasteiger partial charge in [-0.1, -0.05) is 12.1 Å². The maximum absolute atomic E-state index is 10.8. The molecule has 0 radical (unpaired) electrons. The van der Waals surface area contributed by atoms with Crippen LogP contribution in [0.4, 0.5) is 0 Å². The van der Waals surface area contributed by atoms with Crippen LogP contribution in [0.3, 0.4) is 0 Å². The van der Waals surface area contributed by atoms with Gasteiger partial charge < -0.3 is 9.84 Å². The lowest BCUT2D eigenvalue weighted by Gasteiger charge is -2.09. The Balaban J connectivity index is 2.30. The Kier molecular flexibility index (Phi) is 4.04. The fourth-order valence-corrected chi connectivity index (χ4v) is 2.19. The fraction of sp³-hybridized carbons (Fsp3) is 0. The highest BCUT2D eigenvalue weighted by Gasteiger charge is 2.09. The van der Waals surface area contributed by atoms with Crippen LogP contribution < -0.4 is 4.74 Å². The van der Waals surface area contributed by atoms with E-state index in [0.717, 1.165) is 4.47 Å². The molecule has 0 saturated heterocycles. The van der Waals surface area contributed by atoms with Crippen LogP contribution in [0, 0.1) is 0 Å². The molecule has 0 amide bonds. The highest BCUT2D eigenvalue weighted by molar-refractivity contribution is 9.11. The topological polar surface area (TPSA) is 46.5 Å². The minimum Gasteiger partial charge on any atom is -0.478 e. The van der Waals surface area contributed by atoms with Gasteiger partial charge in [-0.15, -0.1) is 0 Å². The number of ether oxygens (including phenoxy) is 1. The molecule has 18 heavy (non-hydrogen) atoms. The van der Waals surface area contributed by atoms with Crippen molar-refractivity contribution >= 4 is 37.8 Å². The summed E-state index contributed by atoms with van der Waals surface area (Å²) in [4.78, 5) is 10.8. The summed E-state index contributed by atoms with van der Waals surface area (Å²) in [6.07, 6.45) is 0. The third-order valence-corrected chi connectivity index (χ3v) is 3.51. The van der Waals surface area contributed by atoms with Crippen LogP contribution in [0.2, 0.25) is 0 Å². The molecule has 2 aromatic rings. The lowest BCUT2D eigenvalue weighted by atomic mass is 10.2. The molecular weight excluding hydrogens is 364 g/mol. The lowest BCUT2D eigenvalue weighted by molar-refractivity contribution is 0.0697. The Morgan fingerprint density at radius 1 is 1.00 bits per heavy atom. The molecule has 0 aromatic heterocycles. The first-order chi connectivity index (χ1) is 8.58. The van der Waals surface area contributed by atoms with Gasteiger partial charge in [0.25, 0.3) is 0 Å². The van der Waals surface area contributed by atoms with Crippen molar-refractivity contribution in [2.75, 3.05) is 0 Å². The van der Waals surface area contributed by atoms with Gasteiger partial charge >= 0.3 is 5.97 Å². The summed E-state index contributed by atoms with van der Waals surface area (Å²) in [7, 11) is 0. The number of carbonyl (C=O) groups is 1. The molecule has 2 rings (SSSR count). The minimum absolute atomic E-state index is 0.210. The summed E-state index contributed by atoms with van der Waals surface area (Å²) in [5.74, 6) is 0.260. The predicted molar refractivity (Wildman–Crippen MR) is 75.3 cm³/mol. The molecule has 2 aromatic carbocycles. The van der Waals surface area contributed by atoms with Gasteiger partial charge in [0.15, 0.2) is 0 Å². The Labute approximate surface area is 121 Å². The van der Waals surface area contributed by atoms with Crippen LogP contribution in [-0.4, -0.2) is 11.1 Å². The minimum atomic E-state index is -0.969. The summed E-state index contributed by atoms with van der Waals surface area (Å²) in [6, 6.07) is 12.1. The van der Waals surface area contributed by atoms with Crippen molar-refractivity contribution in [3.8, 4) is 11.5 Å². The van der Waals surface area contributed by atoms with Crippen molar-refractivity contribution in [2.24, 2.45) is 0 Å². The number of benzene rings is 2. The maximum Gasteiger partial charge on any atom is 0.335 e. The molecule has 0 unspecified atom stereocenters. The molecule has 0 spiro atoms. The molecule has 0 heterocycles. The van der Waals surface area contributed by atoms with Crippen molar-refractivity contribution < 1.29 is 14.6 Å². The van der Waals surface area contributed by atoms with Gasteiger partial charge in [0.05, 0.1) is 14.5 Å². The molecule has 0 bridgehead atoms. The van der Waals surface area contributed by atoms with Gasteiger partial charge in [0, 0.05) is 0 Å². The third-order valence-electron chi connectivity index (χ3n) is 2.24. The van der Waals surface area contributed by atoms with E-state index in [4.69, 9.17) is 9.84 Å². The SMILES string of the molecule is O=C(O)c1ccc(Oc2ccccc2Br)c(Br)c1. The lowest BCUT2D eigenvalue weighted by Crippen LogP contribution is -1.96. The van der Waals surface area contributed by atoms with Crippen molar-refractivity contribution in [1.29, 1.82) is 0 Å². The first-order valence-corrected chi connectivity index (χ1v) is 6.62. The van der Waals surface area contributed by atoms with Crippen LogP contribution in [0.15, 0.2) is 51.4 Å². The molecular formula is C13H8Br2O3. The highest BCUT2D eigenvalue weighted by atomic mass is 79.9. The average molecular weight is 372 g/mol. The Morgan fingerprint density at radius 3 is 2.28 bits per heavy atom. The molecule has 0 aliphatic rings. The van der Waals surface area contributed by atoms with E-state index in [-0.39, 0.29) is 5.56 Å². The summed E-state index contributed by atoms with van der Waals surface area (Å²) in [5, 5.41) is 8.86. The van der Waals surface area contributed by atoms with Crippen LogP contribution in [0.5, 0.6) is 11.5 Å². The van der Waals surface area contributed by atoms with Crippen molar-refractivity contribution in [3.63, 3.8) is 0 Å². The Morgan fingerprint density at radius 2 is 1.67 bits per heavy atom. The number of aromatic carboxylic acids is 1. The van der Waals surface area contributed by atoms with Crippen molar-refractivity contribution in [3.05, 3.63) is 57.0 Å². The molecule has 1 N–H and O–H groups in total. The van der Waals surface area contributed by atoms with E-state index in [0.29, 0.717) is 16.0 Å². The number of hydrogen-bond donors (Lipinski definition) is 1. The average Bonchev–Trinajstić information content (AvgIpc) is 2.34. The summed E-state index contributed by atoms with van der Waals surface area (Å²) < 4.78 is 7.12. The van der Waals surface area contributed by atoms with Crippen LogP contribution in [0.1, 0.15) is 10.4 Å². The molecule has 0 saturated carbocycles. The first-order valence-electron chi connectivity index (χ1n) is 5.03. The van der Waals surface area contributed by atoms with Crippen LogP contribution in [0.25, 0.3) is 0 Å². The van der Waals surface area contributed by atoms with Gasteiger partial charge in [0.1, 0.15) is 11.5 Å². The fourth-order valence-electron chi connectivity index (χ4n) is 1.36. The van der Waals surface area contributed by atoms with Gasteiger partial charge in [-0.3, -0.25) is 0 Å². The molecule has 92 valence electrons. The van der Waals surface area contributed by atoms with Gasteiger partial charge in [-0.25, -0.2) is 4.79 Å².